The minimum atomic E-state index is -0.133. The highest BCUT2D eigenvalue weighted by molar-refractivity contribution is 7.20. The summed E-state index contributed by atoms with van der Waals surface area (Å²) in [7, 11) is 0. The van der Waals surface area contributed by atoms with Crippen molar-refractivity contribution in [3.05, 3.63) is 87.3 Å². The summed E-state index contributed by atoms with van der Waals surface area (Å²) in [5, 5.41) is 12.2. The Morgan fingerprint density at radius 2 is 1.97 bits per heavy atom. The van der Waals surface area contributed by atoms with Crippen LogP contribution in [0.1, 0.15) is 20.9 Å². The lowest BCUT2D eigenvalue weighted by Crippen LogP contribution is -2.10. The normalized spacial score (nSPS) is 11.2. The average molecular weight is 465 g/mol. The molecule has 3 aromatic heterocycles. The van der Waals surface area contributed by atoms with E-state index in [1.165, 1.54) is 11.3 Å². The molecule has 0 spiro atoms. The third-order valence-corrected chi connectivity index (χ3v) is 7.27. The first-order chi connectivity index (χ1) is 15.1. The first-order valence-corrected chi connectivity index (χ1v) is 11.7. The molecule has 3 heterocycles. The lowest BCUT2D eigenvalue weighted by Gasteiger charge is -2.05. The van der Waals surface area contributed by atoms with Crippen molar-refractivity contribution >= 4 is 56.1 Å². The van der Waals surface area contributed by atoms with Gasteiger partial charge in [0, 0.05) is 33.2 Å². The van der Waals surface area contributed by atoms with Crippen molar-refractivity contribution in [3.63, 3.8) is 0 Å². The van der Waals surface area contributed by atoms with E-state index in [0.29, 0.717) is 16.4 Å². The molecule has 0 atom stereocenters. The second kappa shape index (κ2) is 8.26. The Labute approximate surface area is 192 Å². The number of carbonyl (C=O) groups excluding carboxylic acids is 1. The minimum absolute atomic E-state index is 0.133. The highest BCUT2D eigenvalue weighted by atomic mass is 35.5. The first-order valence-electron chi connectivity index (χ1n) is 9.60. The van der Waals surface area contributed by atoms with Crippen LogP contribution in [0.5, 0.6) is 0 Å². The molecule has 2 aromatic carbocycles. The SMILES string of the molecule is Cc1nn(Cc2ccccc2Cl)c2sc(C(=O)Nc3ccc(-c4nccs4)cc3)cc12. The number of fused-ring (bicyclic) bond motifs is 1. The molecule has 0 aliphatic carbocycles. The fraction of sp³-hybridized carbons (Fsp3) is 0.0870. The maximum absolute atomic E-state index is 12.9. The highest BCUT2D eigenvalue weighted by Gasteiger charge is 2.17. The van der Waals surface area contributed by atoms with E-state index in [9.17, 15) is 4.79 Å². The van der Waals surface area contributed by atoms with Crippen LogP contribution in [0.15, 0.2) is 66.2 Å². The molecule has 8 heteroatoms. The van der Waals surface area contributed by atoms with Gasteiger partial charge in [-0.25, -0.2) is 4.98 Å². The van der Waals surface area contributed by atoms with Gasteiger partial charge < -0.3 is 5.32 Å². The predicted octanol–water partition coefficient (Wildman–Crippen LogP) is 6.48. The van der Waals surface area contributed by atoms with Crippen LogP contribution in [0.4, 0.5) is 5.69 Å². The van der Waals surface area contributed by atoms with Crippen molar-refractivity contribution < 1.29 is 4.79 Å². The molecule has 0 saturated carbocycles. The molecule has 0 fully saturated rings. The molecule has 0 aliphatic heterocycles. The largest absolute Gasteiger partial charge is 0.321 e. The monoisotopic (exact) mass is 464 g/mol. The Hall–Kier alpha value is -3.00. The zero-order valence-electron chi connectivity index (χ0n) is 16.5. The fourth-order valence-electron chi connectivity index (χ4n) is 3.37. The van der Waals surface area contributed by atoms with E-state index >= 15 is 0 Å². The number of hydrogen-bond donors (Lipinski definition) is 1. The van der Waals surface area contributed by atoms with E-state index in [4.69, 9.17) is 11.6 Å². The van der Waals surface area contributed by atoms with E-state index in [2.05, 4.69) is 15.4 Å². The quantitative estimate of drug-likeness (QED) is 0.323. The van der Waals surface area contributed by atoms with Crippen molar-refractivity contribution in [2.75, 3.05) is 5.32 Å². The molecule has 0 radical (unpaired) electrons. The number of benzene rings is 2. The van der Waals surface area contributed by atoms with E-state index in [-0.39, 0.29) is 5.91 Å². The number of amides is 1. The lowest BCUT2D eigenvalue weighted by molar-refractivity contribution is 0.103. The van der Waals surface area contributed by atoms with Crippen LogP contribution in [0.2, 0.25) is 5.02 Å². The summed E-state index contributed by atoms with van der Waals surface area (Å²) in [5.41, 5.74) is 3.67. The van der Waals surface area contributed by atoms with Gasteiger partial charge in [-0.3, -0.25) is 9.48 Å². The molecule has 31 heavy (non-hydrogen) atoms. The van der Waals surface area contributed by atoms with Crippen molar-refractivity contribution in [1.29, 1.82) is 0 Å². The zero-order valence-corrected chi connectivity index (χ0v) is 18.9. The Morgan fingerprint density at radius 1 is 1.16 bits per heavy atom. The third kappa shape index (κ3) is 3.99. The number of rotatable bonds is 5. The van der Waals surface area contributed by atoms with Gasteiger partial charge in [0.05, 0.1) is 17.1 Å². The fourth-order valence-corrected chi connectivity index (χ4v) is 5.27. The third-order valence-electron chi connectivity index (χ3n) is 4.93. The number of carbonyl (C=O) groups is 1. The van der Waals surface area contributed by atoms with Crippen LogP contribution in [-0.2, 0) is 6.54 Å². The number of thiazole rings is 1. The summed E-state index contributed by atoms with van der Waals surface area (Å²) < 4.78 is 1.91. The molecule has 5 aromatic rings. The zero-order chi connectivity index (χ0) is 21.4. The molecule has 0 aliphatic rings. The number of nitrogens with one attached hydrogen (secondary N) is 1. The summed E-state index contributed by atoms with van der Waals surface area (Å²) in [6.07, 6.45) is 1.78. The van der Waals surface area contributed by atoms with Crippen LogP contribution in [0.3, 0.4) is 0 Å². The molecule has 0 saturated heterocycles. The first kappa shape index (κ1) is 19.9. The van der Waals surface area contributed by atoms with E-state index in [1.807, 2.05) is 71.6 Å². The molecular weight excluding hydrogens is 448 g/mol. The van der Waals surface area contributed by atoms with Crippen LogP contribution in [-0.4, -0.2) is 20.7 Å². The standard InChI is InChI=1S/C23H17ClN4OS2/c1-14-18-12-20(31-23(18)28(27-14)13-16-4-2-3-5-19(16)24)21(29)26-17-8-6-15(7-9-17)22-25-10-11-30-22/h2-12H,13H2,1H3,(H,26,29). The molecule has 0 bridgehead atoms. The number of aromatic nitrogens is 3. The van der Waals surface area contributed by atoms with Crippen LogP contribution in [0.25, 0.3) is 20.8 Å². The summed E-state index contributed by atoms with van der Waals surface area (Å²) in [6, 6.07) is 17.4. The molecule has 154 valence electrons. The number of anilines is 1. The number of aryl methyl sites for hydroxylation is 1. The van der Waals surface area contributed by atoms with E-state index in [0.717, 1.165) is 37.7 Å². The minimum Gasteiger partial charge on any atom is -0.321 e. The maximum Gasteiger partial charge on any atom is 0.265 e. The molecule has 5 rings (SSSR count). The summed E-state index contributed by atoms with van der Waals surface area (Å²) in [4.78, 5) is 18.8. The van der Waals surface area contributed by atoms with Gasteiger partial charge in [-0.1, -0.05) is 29.8 Å². The van der Waals surface area contributed by atoms with E-state index < -0.39 is 0 Å². The van der Waals surface area contributed by atoms with Gasteiger partial charge in [0.1, 0.15) is 9.84 Å². The molecule has 5 nitrogen and oxygen atoms in total. The lowest BCUT2D eigenvalue weighted by atomic mass is 10.2. The number of nitrogens with zero attached hydrogens (tertiary/aromatic N) is 3. The Morgan fingerprint density at radius 3 is 2.71 bits per heavy atom. The van der Waals surface area contributed by atoms with Crippen molar-refractivity contribution in [2.24, 2.45) is 0 Å². The van der Waals surface area contributed by atoms with E-state index in [1.54, 1.807) is 17.5 Å². The Balaban J connectivity index is 1.38. The van der Waals surface area contributed by atoms with Gasteiger partial charge in [0.2, 0.25) is 0 Å². The van der Waals surface area contributed by atoms with Gasteiger partial charge in [0.25, 0.3) is 5.91 Å². The molecule has 1 N–H and O–H groups in total. The van der Waals surface area contributed by atoms with Crippen molar-refractivity contribution in [1.82, 2.24) is 14.8 Å². The number of halogens is 1. The summed E-state index contributed by atoms with van der Waals surface area (Å²) in [5.74, 6) is -0.133. The summed E-state index contributed by atoms with van der Waals surface area (Å²) >= 11 is 9.34. The molecule has 1 amide bonds. The number of hydrogen-bond acceptors (Lipinski definition) is 5. The van der Waals surface area contributed by atoms with Crippen molar-refractivity contribution in [2.45, 2.75) is 13.5 Å². The summed E-state index contributed by atoms with van der Waals surface area (Å²) in [6.45, 7) is 2.51. The smallest absolute Gasteiger partial charge is 0.265 e. The van der Waals surface area contributed by atoms with Gasteiger partial charge in [-0.05, 0) is 48.9 Å². The number of thiophene rings is 1. The van der Waals surface area contributed by atoms with Crippen LogP contribution >= 0.6 is 34.3 Å². The van der Waals surface area contributed by atoms with Crippen LogP contribution < -0.4 is 5.32 Å². The van der Waals surface area contributed by atoms with Gasteiger partial charge >= 0.3 is 0 Å². The molecular formula is C23H17ClN4OS2. The average Bonchev–Trinajstić information content (AvgIpc) is 3.50. The maximum atomic E-state index is 12.9. The molecule has 0 unspecified atom stereocenters. The predicted molar refractivity (Wildman–Crippen MR) is 128 cm³/mol. The van der Waals surface area contributed by atoms with Crippen molar-refractivity contribution in [3.8, 4) is 10.6 Å². The topological polar surface area (TPSA) is 59.8 Å². The van der Waals surface area contributed by atoms with Gasteiger partial charge in [-0.15, -0.1) is 22.7 Å². The Kier molecular flexibility index (Phi) is 5.31. The van der Waals surface area contributed by atoms with Crippen LogP contribution in [0, 0.1) is 6.92 Å². The van der Waals surface area contributed by atoms with Gasteiger partial charge in [0.15, 0.2) is 0 Å². The Bertz CT molecular complexity index is 1370. The highest BCUT2D eigenvalue weighted by Crippen LogP contribution is 2.30. The van der Waals surface area contributed by atoms with Gasteiger partial charge in [-0.2, -0.15) is 5.10 Å². The second-order valence-electron chi connectivity index (χ2n) is 7.03. The second-order valence-corrected chi connectivity index (χ2v) is 9.37.